The number of halogens is 1. The van der Waals surface area contributed by atoms with E-state index in [1.165, 1.54) is 11.8 Å². The van der Waals surface area contributed by atoms with Gasteiger partial charge in [0.1, 0.15) is 5.82 Å². The van der Waals surface area contributed by atoms with E-state index >= 15 is 0 Å². The number of nitrogens with one attached hydrogen (secondary N) is 2. The third kappa shape index (κ3) is 3.00. The van der Waals surface area contributed by atoms with E-state index in [4.69, 9.17) is 11.6 Å². The van der Waals surface area contributed by atoms with Crippen LogP contribution in [-0.2, 0) is 0 Å². The molecule has 1 aromatic carbocycles. The van der Waals surface area contributed by atoms with Gasteiger partial charge in [-0.25, -0.2) is 4.98 Å². The maximum absolute atomic E-state index is 12.3. The maximum atomic E-state index is 12.3. The van der Waals surface area contributed by atoms with E-state index in [-0.39, 0.29) is 11.9 Å². The minimum absolute atomic E-state index is 0.151. The molecule has 3 rings (SSSR count). The zero-order valence-corrected chi connectivity index (χ0v) is 12.4. The van der Waals surface area contributed by atoms with Crippen molar-refractivity contribution in [1.82, 2.24) is 10.3 Å². The molecule has 0 radical (unpaired) electrons. The summed E-state index contributed by atoms with van der Waals surface area (Å²) in [6.07, 6.45) is 2.46. The van der Waals surface area contributed by atoms with Crippen LogP contribution >= 0.6 is 11.6 Å². The molecule has 1 aliphatic carbocycles. The molecule has 2 aromatic rings. The molecule has 1 fully saturated rings. The smallest absolute Gasteiger partial charge is 0.253 e. The summed E-state index contributed by atoms with van der Waals surface area (Å²) in [7, 11) is 1.75. The molecule has 1 amide bonds. The van der Waals surface area contributed by atoms with Crippen molar-refractivity contribution in [3.63, 3.8) is 0 Å². The molecule has 21 heavy (non-hydrogen) atoms. The van der Waals surface area contributed by atoms with Crippen LogP contribution in [0.15, 0.2) is 42.6 Å². The Labute approximate surface area is 128 Å². The Kier molecular flexibility index (Phi) is 3.80. The fourth-order valence-corrected chi connectivity index (χ4v) is 2.61. The highest BCUT2D eigenvalue weighted by molar-refractivity contribution is 6.33. The number of pyridine rings is 1. The lowest BCUT2D eigenvalue weighted by atomic mass is 10.1. The van der Waals surface area contributed by atoms with E-state index in [1.807, 2.05) is 18.2 Å². The molecule has 1 aromatic heterocycles. The number of rotatable bonds is 4. The predicted octanol–water partition coefficient (Wildman–Crippen LogP) is 3.06. The molecule has 2 unspecified atom stereocenters. The second kappa shape index (κ2) is 5.74. The van der Waals surface area contributed by atoms with Crippen LogP contribution in [0.1, 0.15) is 28.3 Å². The van der Waals surface area contributed by atoms with Crippen molar-refractivity contribution in [2.75, 3.05) is 12.4 Å². The molecule has 2 atom stereocenters. The molecule has 0 bridgehead atoms. The molecule has 4 nitrogen and oxygen atoms in total. The maximum Gasteiger partial charge on any atom is 0.253 e. The topological polar surface area (TPSA) is 54.0 Å². The van der Waals surface area contributed by atoms with Gasteiger partial charge in [-0.3, -0.25) is 4.79 Å². The van der Waals surface area contributed by atoms with Gasteiger partial charge in [0.05, 0.1) is 10.6 Å². The Bertz CT molecular complexity index is 660. The Hall–Kier alpha value is -2.07. The number of benzene rings is 1. The molecule has 0 aliphatic heterocycles. The summed E-state index contributed by atoms with van der Waals surface area (Å²) in [5.41, 5.74) is 1.72. The van der Waals surface area contributed by atoms with Gasteiger partial charge in [0.2, 0.25) is 0 Å². The van der Waals surface area contributed by atoms with Crippen LogP contribution in [-0.4, -0.2) is 24.0 Å². The number of nitrogens with zero attached hydrogens (tertiary/aromatic N) is 1. The van der Waals surface area contributed by atoms with Crippen LogP contribution < -0.4 is 10.6 Å². The van der Waals surface area contributed by atoms with E-state index < -0.39 is 0 Å². The molecule has 1 aliphatic rings. The van der Waals surface area contributed by atoms with Gasteiger partial charge in [0, 0.05) is 25.2 Å². The summed E-state index contributed by atoms with van der Waals surface area (Å²) >= 11 is 6.05. The first-order valence-electron chi connectivity index (χ1n) is 6.88. The average molecular weight is 302 g/mol. The summed E-state index contributed by atoms with van der Waals surface area (Å²) in [6.45, 7) is 0. The highest BCUT2D eigenvalue weighted by Crippen LogP contribution is 2.40. The van der Waals surface area contributed by atoms with Crippen molar-refractivity contribution in [1.29, 1.82) is 0 Å². The second-order valence-corrected chi connectivity index (χ2v) is 5.54. The van der Waals surface area contributed by atoms with Gasteiger partial charge < -0.3 is 10.6 Å². The average Bonchev–Trinajstić information content (AvgIpc) is 3.27. The van der Waals surface area contributed by atoms with E-state index in [1.54, 1.807) is 13.1 Å². The van der Waals surface area contributed by atoms with E-state index in [0.29, 0.717) is 22.3 Å². The minimum atomic E-state index is -0.151. The largest absolute Gasteiger partial charge is 0.373 e. The monoisotopic (exact) mass is 301 g/mol. The Morgan fingerprint density at radius 1 is 1.33 bits per heavy atom. The fourth-order valence-electron chi connectivity index (χ4n) is 2.42. The molecule has 0 spiro atoms. The molecule has 0 saturated heterocycles. The number of anilines is 1. The van der Waals surface area contributed by atoms with Gasteiger partial charge in [-0.15, -0.1) is 0 Å². The first kappa shape index (κ1) is 13.9. The number of amides is 1. The van der Waals surface area contributed by atoms with Crippen molar-refractivity contribution >= 4 is 23.3 Å². The normalized spacial score (nSPS) is 19.9. The highest BCUT2D eigenvalue weighted by Gasteiger charge is 2.39. The van der Waals surface area contributed by atoms with E-state index in [9.17, 15) is 4.79 Å². The summed E-state index contributed by atoms with van der Waals surface area (Å²) in [6, 6.07) is 12.1. The van der Waals surface area contributed by atoms with Crippen molar-refractivity contribution < 1.29 is 4.79 Å². The third-order valence-electron chi connectivity index (χ3n) is 3.69. The van der Waals surface area contributed by atoms with Gasteiger partial charge in [-0.1, -0.05) is 41.9 Å². The van der Waals surface area contributed by atoms with E-state index in [2.05, 4.69) is 27.8 Å². The number of hydrogen-bond acceptors (Lipinski definition) is 3. The Morgan fingerprint density at radius 2 is 2.10 bits per heavy atom. The SMILES string of the molecule is CNc1cc(C(=O)NC2CC2c2ccccc2)c(Cl)cn1. The van der Waals surface area contributed by atoms with E-state index in [0.717, 1.165) is 6.42 Å². The van der Waals surface area contributed by atoms with Crippen LogP contribution in [0, 0.1) is 0 Å². The number of carbonyl (C=O) groups excluding carboxylic acids is 1. The van der Waals surface area contributed by atoms with Crippen LogP contribution in [0.4, 0.5) is 5.82 Å². The van der Waals surface area contributed by atoms with Crippen LogP contribution in [0.5, 0.6) is 0 Å². The molecule has 108 valence electrons. The van der Waals surface area contributed by atoms with Crippen LogP contribution in [0.25, 0.3) is 0 Å². The lowest BCUT2D eigenvalue weighted by molar-refractivity contribution is 0.0950. The second-order valence-electron chi connectivity index (χ2n) is 5.13. The first-order chi connectivity index (χ1) is 10.2. The quantitative estimate of drug-likeness (QED) is 0.912. The lowest BCUT2D eigenvalue weighted by Gasteiger charge is -2.08. The molecular formula is C16H16ClN3O. The minimum Gasteiger partial charge on any atom is -0.373 e. The van der Waals surface area contributed by atoms with Crippen LogP contribution in [0.3, 0.4) is 0 Å². The third-order valence-corrected chi connectivity index (χ3v) is 3.99. The molecule has 1 heterocycles. The fraction of sp³-hybridized carbons (Fsp3) is 0.250. The molecule has 5 heteroatoms. The van der Waals surface area contributed by atoms with Crippen molar-refractivity contribution in [2.24, 2.45) is 0 Å². The van der Waals surface area contributed by atoms with Crippen molar-refractivity contribution in [2.45, 2.75) is 18.4 Å². The van der Waals surface area contributed by atoms with Crippen LogP contribution in [0.2, 0.25) is 5.02 Å². The number of aromatic nitrogens is 1. The summed E-state index contributed by atoms with van der Waals surface area (Å²) in [5, 5.41) is 6.30. The zero-order valence-electron chi connectivity index (χ0n) is 11.6. The Balaban J connectivity index is 1.68. The Morgan fingerprint density at radius 3 is 2.81 bits per heavy atom. The van der Waals surface area contributed by atoms with Gasteiger partial charge in [-0.05, 0) is 18.1 Å². The van der Waals surface area contributed by atoms with Crippen molar-refractivity contribution in [3.05, 3.63) is 58.7 Å². The first-order valence-corrected chi connectivity index (χ1v) is 7.26. The van der Waals surface area contributed by atoms with Crippen molar-refractivity contribution in [3.8, 4) is 0 Å². The zero-order chi connectivity index (χ0) is 14.8. The highest BCUT2D eigenvalue weighted by atomic mass is 35.5. The summed E-state index contributed by atoms with van der Waals surface area (Å²) in [5.74, 6) is 0.877. The lowest BCUT2D eigenvalue weighted by Crippen LogP contribution is -2.27. The van der Waals surface area contributed by atoms with Gasteiger partial charge in [0.25, 0.3) is 5.91 Å². The van der Waals surface area contributed by atoms with Gasteiger partial charge in [-0.2, -0.15) is 0 Å². The number of carbonyl (C=O) groups is 1. The predicted molar refractivity (Wildman–Crippen MR) is 83.8 cm³/mol. The number of hydrogen-bond donors (Lipinski definition) is 2. The van der Waals surface area contributed by atoms with Gasteiger partial charge >= 0.3 is 0 Å². The molecule has 2 N–H and O–H groups in total. The van der Waals surface area contributed by atoms with Gasteiger partial charge in [0.15, 0.2) is 0 Å². The molecule has 1 saturated carbocycles. The summed E-state index contributed by atoms with van der Waals surface area (Å²) in [4.78, 5) is 16.4. The standard InChI is InChI=1S/C16H16ClN3O/c1-18-15-8-12(13(17)9-19-15)16(21)20-14-7-11(14)10-5-3-2-4-6-10/h2-6,8-9,11,14H,7H2,1H3,(H,18,19)(H,20,21). The summed E-state index contributed by atoms with van der Waals surface area (Å²) < 4.78 is 0. The molecular weight excluding hydrogens is 286 g/mol.